The molecule has 0 saturated heterocycles. The Balaban J connectivity index is 0.000000247. The summed E-state index contributed by atoms with van der Waals surface area (Å²) in [6.45, 7) is 18.7. The van der Waals surface area contributed by atoms with Gasteiger partial charge >= 0.3 is 0 Å². The van der Waals surface area contributed by atoms with Gasteiger partial charge < -0.3 is 19.8 Å². The first-order valence-electron chi connectivity index (χ1n) is 21.7. The second kappa shape index (κ2) is 20.4. The van der Waals surface area contributed by atoms with Gasteiger partial charge in [-0.25, -0.2) is 0 Å². The van der Waals surface area contributed by atoms with Crippen molar-refractivity contribution in [2.24, 2.45) is 0 Å². The molecule has 0 fully saturated rings. The summed E-state index contributed by atoms with van der Waals surface area (Å²) in [5.74, 6) is 0. The molecule has 63 heavy (non-hydrogen) atoms. The number of hydrogen-bond donors (Lipinski definition) is 2. The van der Waals surface area contributed by atoms with Crippen molar-refractivity contribution < 1.29 is 0 Å². The maximum Gasteiger partial charge on any atom is 0.0544 e. The Kier molecular flexibility index (Phi) is 14.2. The Morgan fingerprint density at radius 3 is 2.00 bits per heavy atom. The smallest absolute Gasteiger partial charge is 0.0544 e. The normalized spacial score (nSPS) is 11.9. The highest BCUT2D eigenvalue weighted by molar-refractivity contribution is 6.15. The van der Waals surface area contributed by atoms with Gasteiger partial charge in [0.1, 0.15) is 0 Å². The number of nitrogens with zero attached hydrogens (tertiary/aromatic N) is 2. The first kappa shape index (κ1) is 43.7. The topological polar surface area (TPSA) is 36.0 Å². The third kappa shape index (κ3) is 9.43. The third-order valence-corrected chi connectivity index (χ3v) is 11.7. The Labute approximate surface area is 373 Å². The molecule has 314 valence electrons. The summed E-state index contributed by atoms with van der Waals surface area (Å²) < 4.78 is 2.36. The van der Waals surface area contributed by atoms with Crippen LogP contribution < -0.4 is 5.32 Å². The van der Waals surface area contributed by atoms with Crippen LogP contribution in [0.1, 0.15) is 37.6 Å². The molecule has 9 aromatic rings. The number of benzene rings is 7. The number of rotatable bonds is 11. The maximum absolute atomic E-state index is 4.14. The Morgan fingerprint density at radius 1 is 0.683 bits per heavy atom. The molecule has 0 radical (unpaired) electrons. The molecular formula is C59H58N4. The lowest BCUT2D eigenvalue weighted by Gasteiger charge is -2.24. The molecule has 0 saturated carbocycles. The molecule has 7 aromatic carbocycles. The number of H-pyrrole nitrogens is 1. The van der Waals surface area contributed by atoms with Crippen LogP contribution in [0, 0.1) is 0 Å². The van der Waals surface area contributed by atoms with Crippen LogP contribution in [0.5, 0.6) is 0 Å². The van der Waals surface area contributed by atoms with Gasteiger partial charge in [0.05, 0.1) is 16.6 Å². The van der Waals surface area contributed by atoms with Crippen LogP contribution in [0.3, 0.4) is 0 Å². The maximum atomic E-state index is 4.14. The number of aromatic nitrogens is 2. The van der Waals surface area contributed by atoms with E-state index in [-0.39, 0.29) is 0 Å². The number of aromatic amines is 1. The van der Waals surface area contributed by atoms with E-state index in [0.717, 1.165) is 23.3 Å². The highest BCUT2D eigenvalue weighted by Gasteiger charge is 2.16. The summed E-state index contributed by atoms with van der Waals surface area (Å²) in [5, 5.41) is 9.25. The predicted molar refractivity (Wildman–Crippen MR) is 276 cm³/mol. The SMILES string of the molecule is C=C/C=C(\C)N(C)C(C)C=C.C=Cc1c(/C=C\C)[nH]c2c1cc(-c1cccc(-c3ccc4c(c3)c3ccccc3n4-c3ccccc3)c1)c1ccccc12.CNCc1ccccc1. The molecule has 1 atom stereocenters. The van der Waals surface area contributed by atoms with Gasteiger partial charge in [0.2, 0.25) is 0 Å². The molecule has 0 aliphatic rings. The fourth-order valence-electron chi connectivity index (χ4n) is 8.27. The van der Waals surface area contributed by atoms with Crippen molar-refractivity contribution in [2.45, 2.75) is 33.4 Å². The predicted octanol–water partition coefficient (Wildman–Crippen LogP) is 15.4. The first-order valence-corrected chi connectivity index (χ1v) is 21.7. The molecule has 2 aromatic heterocycles. The molecule has 0 bridgehead atoms. The molecule has 1 unspecified atom stereocenters. The standard InChI is InChI=1S/C41H30N2.C10H17N.C8H11N/c1-3-13-38-31(4-2)37-26-35(32-18-8-9-20-34(32)41(37)42-38)29-15-12-14-27(24-29)28-22-23-40-36(25-28)33-19-10-11-21-39(33)43(40)30-16-6-5-7-17-30;1-6-8-10(4)11(5)9(3)7-2;1-9-7-8-5-3-2-4-6-8/h3-26,42H,2H2,1H3;6-9H,1-2H2,3-5H3;2-6,9H,7H2,1H3/b13-3-;10-8+;. The summed E-state index contributed by atoms with van der Waals surface area (Å²) in [6, 6.07) is 56.9. The zero-order valence-electron chi connectivity index (χ0n) is 37.3. The number of allylic oxidation sites excluding steroid dienone is 4. The van der Waals surface area contributed by atoms with Crippen LogP contribution in [0.2, 0.25) is 0 Å². The summed E-state index contributed by atoms with van der Waals surface area (Å²) in [5.41, 5.74) is 14.3. The van der Waals surface area contributed by atoms with Crippen LogP contribution in [0.4, 0.5) is 0 Å². The molecule has 2 heterocycles. The summed E-state index contributed by atoms with van der Waals surface area (Å²) in [7, 11) is 3.99. The molecule has 0 spiro atoms. The number of para-hydroxylation sites is 2. The molecule has 4 heteroatoms. The summed E-state index contributed by atoms with van der Waals surface area (Å²) in [6.07, 6.45) is 11.8. The van der Waals surface area contributed by atoms with Crippen molar-refractivity contribution in [1.82, 2.24) is 19.8 Å². The molecule has 2 N–H and O–H groups in total. The molecule has 4 nitrogen and oxygen atoms in total. The van der Waals surface area contributed by atoms with Crippen molar-refractivity contribution in [1.29, 1.82) is 0 Å². The number of hydrogen-bond acceptors (Lipinski definition) is 2. The summed E-state index contributed by atoms with van der Waals surface area (Å²) >= 11 is 0. The molecule has 0 amide bonds. The second-order valence-electron chi connectivity index (χ2n) is 15.7. The monoisotopic (exact) mass is 822 g/mol. The highest BCUT2D eigenvalue weighted by Crippen LogP contribution is 2.40. The van der Waals surface area contributed by atoms with Gasteiger partial charge in [0, 0.05) is 63.8 Å². The zero-order chi connectivity index (χ0) is 44.3. The van der Waals surface area contributed by atoms with E-state index < -0.39 is 0 Å². The molecular weight excluding hydrogens is 765 g/mol. The molecule has 0 aliphatic heterocycles. The number of fused-ring (bicyclic) bond motifs is 6. The van der Waals surface area contributed by atoms with E-state index >= 15 is 0 Å². The highest BCUT2D eigenvalue weighted by atomic mass is 15.1. The minimum Gasteiger partial charge on any atom is -0.372 e. The Morgan fingerprint density at radius 2 is 1.32 bits per heavy atom. The second-order valence-corrected chi connectivity index (χ2v) is 15.7. The van der Waals surface area contributed by atoms with Crippen LogP contribution in [0.15, 0.2) is 207 Å². The largest absolute Gasteiger partial charge is 0.372 e. The van der Waals surface area contributed by atoms with Crippen molar-refractivity contribution in [3.63, 3.8) is 0 Å². The first-order chi connectivity index (χ1) is 30.8. The van der Waals surface area contributed by atoms with Gasteiger partial charge in [-0.05, 0) is 116 Å². The van der Waals surface area contributed by atoms with Crippen LogP contribution in [0.25, 0.3) is 83.6 Å². The quantitative estimate of drug-likeness (QED) is 0.101. The number of nitrogens with one attached hydrogen (secondary N) is 2. The third-order valence-electron chi connectivity index (χ3n) is 11.7. The lowest BCUT2D eigenvalue weighted by atomic mass is 9.92. The average molecular weight is 823 g/mol. The van der Waals surface area contributed by atoms with E-state index in [4.69, 9.17) is 0 Å². The fourth-order valence-corrected chi connectivity index (χ4v) is 8.27. The van der Waals surface area contributed by atoms with E-state index in [2.05, 4.69) is 205 Å². The van der Waals surface area contributed by atoms with Gasteiger partial charge in [-0.3, -0.25) is 0 Å². The van der Waals surface area contributed by atoms with Crippen LogP contribution in [-0.4, -0.2) is 34.6 Å². The van der Waals surface area contributed by atoms with Crippen molar-refractivity contribution in [3.8, 4) is 27.9 Å². The number of likely N-dealkylation sites (N-methyl/N-ethyl adjacent to an activating group) is 1. The zero-order valence-corrected chi connectivity index (χ0v) is 37.3. The van der Waals surface area contributed by atoms with Gasteiger partial charge in [0.15, 0.2) is 0 Å². The van der Waals surface area contributed by atoms with Crippen molar-refractivity contribution >= 4 is 55.6 Å². The van der Waals surface area contributed by atoms with Gasteiger partial charge in [-0.15, -0.1) is 6.58 Å². The lowest BCUT2D eigenvalue weighted by Crippen LogP contribution is -2.24. The minimum atomic E-state index is 0.381. The van der Waals surface area contributed by atoms with Crippen LogP contribution in [-0.2, 0) is 6.54 Å². The van der Waals surface area contributed by atoms with Gasteiger partial charge in [0.25, 0.3) is 0 Å². The van der Waals surface area contributed by atoms with E-state index in [9.17, 15) is 0 Å². The van der Waals surface area contributed by atoms with Crippen LogP contribution >= 0.6 is 0 Å². The van der Waals surface area contributed by atoms with Gasteiger partial charge in [-0.1, -0.05) is 153 Å². The van der Waals surface area contributed by atoms with E-state index in [0.29, 0.717) is 6.04 Å². The van der Waals surface area contributed by atoms with Gasteiger partial charge in [-0.2, -0.15) is 0 Å². The Hall–Kier alpha value is -7.40. The molecule has 0 aliphatic carbocycles. The van der Waals surface area contributed by atoms with E-state index in [1.807, 2.05) is 57.4 Å². The lowest BCUT2D eigenvalue weighted by molar-refractivity contribution is 0.374. The average Bonchev–Trinajstić information content (AvgIpc) is 3.86. The van der Waals surface area contributed by atoms with Crippen molar-refractivity contribution in [2.75, 3.05) is 14.1 Å². The van der Waals surface area contributed by atoms with E-state index in [1.165, 1.54) is 77.2 Å². The summed E-state index contributed by atoms with van der Waals surface area (Å²) in [4.78, 5) is 5.81. The van der Waals surface area contributed by atoms with Crippen molar-refractivity contribution in [3.05, 3.63) is 224 Å². The van der Waals surface area contributed by atoms with E-state index in [1.54, 1.807) is 6.08 Å². The minimum absolute atomic E-state index is 0.381. The Bertz CT molecular complexity index is 3070. The fraction of sp³-hybridized carbons (Fsp3) is 0.119. The molecule has 9 rings (SSSR count).